The van der Waals surface area contributed by atoms with Crippen LogP contribution in [0.2, 0.25) is 0 Å². The van der Waals surface area contributed by atoms with E-state index >= 15 is 0 Å². The summed E-state index contributed by atoms with van der Waals surface area (Å²) in [6.45, 7) is 0. The highest BCUT2D eigenvalue weighted by Crippen LogP contribution is 2.19. The molecular weight excluding hydrogens is 217 g/mol. The van der Waals surface area contributed by atoms with Crippen LogP contribution >= 0.6 is 0 Å². The fraction of sp³-hybridized carbons (Fsp3) is 0.231. The third-order valence-corrected chi connectivity index (χ3v) is 2.41. The molecule has 1 aromatic carbocycles. The van der Waals surface area contributed by atoms with Crippen molar-refractivity contribution in [1.29, 1.82) is 0 Å². The fourth-order valence-electron chi connectivity index (χ4n) is 1.49. The number of hydrogen-bond acceptors (Lipinski definition) is 2. The number of rotatable bonds is 2. The molecule has 1 aromatic heterocycles. The first-order chi connectivity index (χ1) is 7.97. The third kappa shape index (κ3) is 2.65. The average molecular weight is 232 g/mol. The van der Waals surface area contributed by atoms with E-state index in [1.807, 2.05) is 27.2 Å². The Morgan fingerprint density at radius 3 is 2.53 bits per heavy atom. The lowest BCUT2D eigenvalue weighted by Crippen LogP contribution is -2.35. The molecule has 3 nitrogen and oxygen atoms in total. The van der Waals surface area contributed by atoms with E-state index in [9.17, 15) is 4.39 Å². The zero-order chi connectivity index (χ0) is 12.5. The van der Waals surface area contributed by atoms with Crippen molar-refractivity contribution < 1.29 is 4.39 Å². The Hall–Kier alpha value is -1.81. The number of quaternary nitrogens is 1. The van der Waals surface area contributed by atoms with Crippen molar-refractivity contribution in [2.75, 3.05) is 21.1 Å². The highest BCUT2D eigenvalue weighted by Gasteiger charge is 2.15. The summed E-state index contributed by atoms with van der Waals surface area (Å²) in [5.41, 5.74) is 0.695. The Balaban J connectivity index is 2.47. The van der Waals surface area contributed by atoms with Crippen LogP contribution in [0.1, 0.15) is 0 Å². The van der Waals surface area contributed by atoms with E-state index in [0.717, 1.165) is 5.82 Å². The van der Waals surface area contributed by atoms with Gasteiger partial charge in [0.15, 0.2) is 5.82 Å². The molecule has 0 bridgehead atoms. The van der Waals surface area contributed by atoms with Gasteiger partial charge in [-0.25, -0.2) is 9.37 Å². The number of benzene rings is 1. The molecule has 0 spiro atoms. The summed E-state index contributed by atoms with van der Waals surface area (Å²) in [6, 6.07) is 8.18. The standard InChI is InChI=1S/C13H15FN3/c1-17(2,3)12-7-8-15-13(16-12)10-5-4-6-11(14)9-10/h4-9H,1-3H3/q+1. The molecule has 1 heterocycles. The maximum absolute atomic E-state index is 13.1. The van der Waals surface area contributed by atoms with Crippen LogP contribution in [-0.4, -0.2) is 31.1 Å². The minimum Gasteiger partial charge on any atom is -0.282 e. The summed E-state index contributed by atoms with van der Waals surface area (Å²) >= 11 is 0. The molecule has 0 unspecified atom stereocenters. The van der Waals surface area contributed by atoms with E-state index in [4.69, 9.17) is 0 Å². The molecule has 0 amide bonds. The van der Waals surface area contributed by atoms with Gasteiger partial charge in [0.2, 0.25) is 5.82 Å². The second-order valence-electron chi connectivity index (χ2n) is 4.76. The Bertz CT molecular complexity index is 532. The van der Waals surface area contributed by atoms with Crippen LogP contribution in [0.4, 0.5) is 10.2 Å². The molecule has 0 atom stereocenters. The minimum atomic E-state index is -0.276. The zero-order valence-electron chi connectivity index (χ0n) is 10.2. The second-order valence-corrected chi connectivity index (χ2v) is 4.76. The van der Waals surface area contributed by atoms with Crippen LogP contribution in [0.5, 0.6) is 0 Å². The maximum atomic E-state index is 13.1. The lowest BCUT2D eigenvalue weighted by atomic mass is 10.2. The van der Waals surface area contributed by atoms with Crippen LogP contribution in [0.25, 0.3) is 11.4 Å². The number of hydrogen-bond donors (Lipinski definition) is 0. The van der Waals surface area contributed by atoms with Crippen LogP contribution < -0.4 is 4.48 Å². The molecule has 0 saturated heterocycles. The van der Waals surface area contributed by atoms with Gasteiger partial charge in [0.25, 0.3) is 0 Å². The molecule has 2 rings (SSSR count). The van der Waals surface area contributed by atoms with Gasteiger partial charge < -0.3 is 0 Å². The first-order valence-corrected chi connectivity index (χ1v) is 5.38. The van der Waals surface area contributed by atoms with Gasteiger partial charge in [0.05, 0.1) is 21.1 Å². The average Bonchev–Trinajstić information content (AvgIpc) is 2.28. The summed E-state index contributed by atoms with van der Waals surface area (Å²) < 4.78 is 13.7. The molecule has 88 valence electrons. The molecule has 17 heavy (non-hydrogen) atoms. The van der Waals surface area contributed by atoms with Gasteiger partial charge in [-0.2, -0.15) is 4.98 Å². The van der Waals surface area contributed by atoms with Crippen LogP contribution in [0.3, 0.4) is 0 Å². The van der Waals surface area contributed by atoms with Gasteiger partial charge in [0, 0.05) is 17.8 Å². The van der Waals surface area contributed by atoms with Gasteiger partial charge in [0.1, 0.15) is 5.82 Å². The van der Waals surface area contributed by atoms with E-state index in [2.05, 4.69) is 9.97 Å². The van der Waals surface area contributed by atoms with E-state index in [-0.39, 0.29) is 5.82 Å². The Kier molecular flexibility index (Phi) is 2.90. The van der Waals surface area contributed by atoms with Gasteiger partial charge in [-0.3, -0.25) is 4.48 Å². The Labute approximate surface area is 100 Å². The predicted octanol–water partition coefficient (Wildman–Crippen LogP) is 2.48. The van der Waals surface area contributed by atoms with E-state index in [1.54, 1.807) is 18.3 Å². The normalized spacial score (nSPS) is 11.5. The molecule has 0 saturated carbocycles. The highest BCUT2D eigenvalue weighted by molar-refractivity contribution is 5.56. The zero-order valence-corrected chi connectivity index (χ0v) is 10.2. The second kappa shape index (κ2) is 4.22. The van der Waals surface area contributed by atoms with E-state index in [0.29, 0.717) is 15.9 Å². The van der Waals surface area contributed by atoms with Gasteiger partial charge in [-0.05, 0) is 12.1 Å². The van der Waals surface area contributed by atoms with E-state index in [1.165, 1.54) is 12.1 Å². The molecule has 0 fully saturated rings. The van der Waals surface area contributed by atoms with Crippen molar-refractivity contribution in [3.63, 3.8) is 0 Å². The van der Waals surface area contributed by atoms with Crippen molar-refractivity contribution >= 4 is 5.82 Å². The van der Waals surface area contributed by atoms with Crippen molar-refractivity contribution in [3.8, 4) is 11.4 Å². The lowest BCUT2D eigenvalue weighted by molar-refractivity contribution is 0.472. The first kappa shape index (κ1) is 11.7. The maximum Gasteiger partial charge on any atom is 0.230 e. The lowest BCUT2D eigenvalue weighted by Gasteiger charge is -2.21. The van der Waals surface area contributed by atoms with Gasteiger partial charge in [-0.15, -0.1) is 0 Å². The van der Waals surface area contributed by atoms with Gasteiger partial charge in [-0.1, -0.05) is 12.1 Å². The molecular formula is C13H15FN3+. The highest BCUT2D eigenvalue weighted by atomic mass is 19.1. The summed E-state index contributed by atoms with van der Waals surface area (Å²) in [6.07, 6.45) is 1.70. The van der Waals surface area contributed by atoms with E-state index < -0.39 is 0 Å². The molecule has 0 aliphatic rings. The molecule has 0 N–H and O–H groups in total. The predicted molar refractivity (Wildman–Crippen MR) is 67.0 cm³/mol. The summed E-state index contributed by atoms with van der Waals surface area (Å²) in [7, 11) is 6.08. The van der Waals surface area contributed by atoms with Crippen LogP contribution in [0, 0.1) is 5.82 Å². The summed E-state index contributed by atoms with van der Waals surface area (Å²) in [4.78, 5) is 8.63. The number of halogens is 1. The molecule has 4 heteroatoms. The molecule has 0 aliphatic carbocycles. The van der Waals surface area contributed by atoms with Crippen molar-refractivity contribution in [1.82, 2.24) is 14.5 Å². The van der Waals surface area contributed by atoms with Crippen molar-refractivity contribution in [2.45, 2.75) is 0 Å². The topological polar surface area (TPSA) is 25.8 Å². The largest absolute Gasteiger partial charge is 0.282 e. The van der Waals surface area contributed by atoms with Gasteiger partial charge >= 0.3 is 0 Å². The van der Waals surface area contributed by atoms with Crippen LogP contribution in [0.15, 0.2) is 36.5 Å². The summed E-state index contributed by atoms with van der Waals surface area (Å²) in [5, 5.41) is 0. The minimum absolute atomic E-state index is 0.276. The van der Waals surface area contributed by atoms with Crippen molar-refractivity contribution in [3.05, 3.63) is 42.3 Å². The Morgan fingerprint density at radius 1 is 1.12 bits per heavy atom. The third-order valence-electron chi connectivity index (χ3n) is 2.41. The fourth-order valence-corrected chi connectivity index (χ4v) is 1.49. The molecule has 2 aromatic rings. The Morgan fingerprint density at radius 2 is 1.88 bits per heavy atom. The molecule has 0 aliphatic heterocycles. The molecule has 0 radical (unpaired) electrons. The first-order valence-electron chi connectivity index (χ1n) is 5.38. The smallest absolute Gasteiger partial charge is 0.230 e. The SMILES string of the molecule is C[N+](C)(C)c1ccnc(-c2cccc(F)c2)n1. The summed E-state index contributed by atoms with van der Waals surface area (Å²) in [5.74, 6) is 1.16. The number of aromatic nitrogens is 2. The van der Waals surface area contributed by atoms with Crippen molar-refractivity contribution in [2.24, 2.45) is 0 Å². The monoisotopic (exact) mass is 232 g/mol. The van der Waals surface area contributed by atoms with Crippen LogP contribution in [-0.2, 0) is 0 Å². The number of nitrogens with zero attached hydrogens (tertiary/aromatic N) is 3. The quantitative estimate of drug-likeness (QED) is 0.743.